The van der Waals surface area contributed by atoms with Crippen LogP contribution < -0.4 is 5.32 Å². The smallest absolute Gasteiger partial charge is 0.128 e. The van der Waals surface area contributed by atoms with Crippen molar-refractivity contribution in [3.8, 4) is 0 Å². The Hall–Kier alpha value is -1.61. The predicted octanol–water partition coefficient (Wildman–Crippen LogP) is 2.96. The normalized spacial score (nSPS) is 12.6. The molecule has 2 nitrogen and oxygen atoms in total. The van der Waals surface area contributed by atoms with Crippen molar-refractivity contribution < 1.29 is 4.39 Å². The third-order valence-corrected chi connectivity index (χ3v) is 3.04. The van der Waals surface area contributed by atoms with Gasteiger partial charge in [-0.1, -0.05) is 18.2 Å². The lowest BCUT2D eigenvalue weighted by Crippen LogP contribution is -2.17. The topological polar surface area (TPSA) is 17.0 Å². The summed E-state index contributed by atoms with van der Waals surface area (Å²) in [6.07, 6.45) is 1.98. The van der Waals surface area contributed by atoms with Gasteiger partial charge in [0.15, 0.2) is 0 Å². The second kappa shape index (κ2) is 5.15. The zero-order valence-electron chi connectivity index (χ0n) is 10.2. The predicted molar refractivity (Wildman–Crippen MR) is 67.4 cm³/mol. The van der Waals surface area contributed by atoms with Crippen molar-refractivity contribution in [2.24, 2.45) is 0 Å². The first kappa shape index (κ1) is 11.9. The van der Waals surface area contributed by atoms with Crippen LogP contribution in [0.3, 0.4) is 0 Å². The van der Waals surface area contributed by atoms with E-state index in [1.807, 2.05) is 31.4 Å². The van der Waals surface area contributed by atoms with Gasteiger partial charge >= 0.3 is 0 Å². The summed E-state index contributed by atoms with van der Waals surface area (Å²) in [7, 11) is 1.92. The molecule has 0 aliphatic heterocycles. The molecule has 0 aliphatic carbocycles. The van der Waals surface area contributed by atoms with Crippen molar-refractivity contribution in [2.45, 2.75) is 19.5 Å². The molecule has 0 aliphatic rings. The largest absolute Gasteiger partial charge is 0.345 e. The molecule has 0 bridgehead atoms. The highest BCUT2D eigenvalue weighted by molar-refractivity contribution is 5.20. The lowest BCUT2D eigenvalue weighted by atomic mass is 10.2. The minimum Gasteiger partial charge on any atom is -0.345 e. The minimum absolute atomic E-state index is 0.149. The molecule has 0 saturated heterocycles. The molecular weight excluding hydrogens is 215 g/mol. The SMILES string of the molecule is CNC(C)c1cccn1Cc1ccccc1F. The second-order valence-electron chi connectivity index (χ2n) is 4.16. The van der Waals surface area contributed by atoms with Crippen LogP contribution in [0.5, 0.6) is 0 Å². The van der Waals surface area contributed by atoms with Gasteiger partial charge in [0.1, 0.15) is 5.82 Å². The van der Waals surface area contributed by atoms with E-state index in [1.54, 1.807) is 6.07 Å². The van der Waals surface area contributed by atoms with E-state index in [9.17, 15) is 4.39 Å². The molecule has 90 valence electrons. The lowest BCUT2D eigenvalue weighted by molar-refractivity contribution is 0.567. The summed E-state index contributed by atoms with van der Waals surface area (Å²) in [5.74, 6) is -0.149. The second-order valence-corrected chi connectivity index (χ2v) is 4.16. The number of hydrogen-bond donors (Lipinski definition) is 1. The molecule has 0 amide bonds. The van der Waals surface area contributed by atoms with Gasteiger partial charge in [0.25, 0.3) is 0 Å². The van der Waals surface area contributed by atoms with Crippen LogP contribution in [-0.2, 0) is 6.54 Å². The highest BCUT2D eigenvalue weighted by Gasteiger charge is 2.09. The van der Waals surface area contributed by atoms with Crippen LogP contribution in [0.4, 0.5) is 4.39 Å². The fourth-order valence-corrected chi connectivity index (χ4v) is 1.92. The van der Waals surface area contributed by atoms with E-state index in [2.05, 4.69) is 22.9 Å². The van der Waals surface area contributed by atoms with Gasteiger partial charge in [-0.05, 0) is 32.2 Å². The molecule has 1 aromatic heterocycles. The first-order valence-electron chi connectivity index (χ1n) is 5.78. The van der Waals surface area contributed by atoms with E-state index < -0.39 is 0 Å². The van der Waals surface area contributed by atoms with Gasteiger partial charge in [0, 0.05) is 23.5 Å². The number of nitrogens with zero attached hydrogens (tertiary/aromatic N) is 1. The van der Waals surface area contributed by atoms with Crippen molar-refractivity contribution in [3.63, 3.8) is 0 Å². The van der Waals surface area contributed by atoms with Crippen LogP contribution in [0, 0.1) is 5.82 Å². The van der Waals surface area contributed by atoms with Crippen molar-refractivity contribution in [3.05, 3.63) is 59.7 Å². The summed E-state index contributed by atoms with van der Waals surface area (Å²) in [4.78, 5) is 0. The van der Waals surface area contributed by atoms with Gasteiger partial charge in [-0.2, -0.15) is 0 Å². The molecule has 1 N–H and O–H groups in total. The number of rotatable bonds is 4. The third kappa shape index (κ3) is 2.56. The fraction of sp³-hybridized carbons (Fsp3) is 0.286. The Morgan fingerprint density at radius 1 is 1.24 bits per heavy atom. The Morgan fingerprint density at radius 2 is 2.00 bits per heavy atom. The summed E-state index contributed by atoms with van der Waals surface area (Å²) in [6, 6.07) is 11.2. The molecule has 1 aromatic carbocycles. The van der Waals surface area contributed by atoms with E-state index >= 15 is 0 Å². The Morgan fingerprint density at radius 3 is 2.71 bits per heavy atom. The minimum atomic E-state index is -0.149. The molecule has 0 fully saturated rings. The standard InChI is InChI=1S/C14H17FN2/c1-11(16-2)14-8-5-9-17(14)10-12-6-3-4-7-13(12)15/h3-9,11,16H,10H2,1-2H3. The molecule has 2 aromatic rings. The summed E-state index contributed by atoms with van der Waals surface area (Å²) in [5.41, 5.74) is 1.88. The summed E-state index contributed by atoms with van der Waals surface area (Å²) < 4.78 is 15.6. The lowest BCUT2D eigenvalue weighted by Gasteiger charge is -2.15. The molecule has 1 unspecified atom stereocenters. The maximum absolute atomic E-state index is 13.6. The Balaban J connectivity index is 2.25. The maximum atomic E-state index is 13.6. The monoisotopic (exact) mass is 232 g/mol. The van der Waals surface area contributed by atoms with Crippen LogP contribution in [0.25, 0.3) is 0 Å². The molecular formula is C14H17FN2. The van der Waals surface area contributed by atoms with Crippen LogP contribution in [-0.4, -0.2) is 11.6 Å². The van der Waals surface area contributed by atoms with Gasteiger partial charge in [-0.25, -0.2) is 4.39 Å². The van der Waals surface area contributed by atoms with Gasteiger partial charge in [-0.3, -0.25) is 0 Å². The Labute approximate surface area is 101 Å². The molecule has 0 spiro atoms. The fourth-order valence-electron chi connectivity index (χ4n) is 1.92. The Bertz CT molecular complexity index is 490. The van der Waals surface area contributed by atoms with Gasteiger partial charge in [0.2, 0.25) is 0 Å². The van der Waals surface area contributed by atoms with Gasteiger partial charge in [0.05, 0.1) is 6.54 Å². The van der Waals surface area contributed by atoms with Crippen molar-refractivity contribution in [1.29, 1.82) is 0 Å². The summed E-state index contributed by atoms with van der Waals surface area (Å²) in [6.45, 7) is 2.66. The quantitative estimate of drug-likeness (QED) is 0.857. The van der Waals surface area contributed by atoms with E-state index in [4.69, 9.17) is 0 Å². The molecule has 1 heterocycles. The summed E-state index contributed by atoms with van der Waals surface area (Å²) >= 11 is 0. The first-order valence-corrected chi connectivity index (χ1v) is 5.78. The van der Waals surface area contributed by atoms with E-state index in [1.165, 1.54) is 6.07 Å². The average molecular weight is 232 g/mol. The van der Waals surface area contributed by atoms with Crippen molar-refractivity contribution >= 4 is 0 Å². The van der Waals surface area contributed by atoms with Crippen LogP contribution >= 0.6 is 0 Å². The molecule has 17 heavy (non-hydrogen) atoms. The zero-order valence-corrected chi connectivity index (χ0v) is 10.2. The number of nitrogens with one attached hydrogen (secondary N) is 1. The van der Waals surface area contributed by atoms with Crippen LogP contribution in [0.15, 0.2) is 42.6 Å². The highest BCUT2D eigenvalue weighted by atomic mass is 19.1. The van der Waals surface area contributed by atoms with E-state index in [-0.39, 0.29) is 11.9 Å². The number of benzene rings is 1. The average Bonchev–Trinajstić information content (AvgIpc) is 2.79. The maximum Gasteiger partial charge on any atom is 0.128 e. The van der Waals surface area contributed by atoms with E-state index in [0.717, 1.165) is 5.69 Å². The molecule has 0 saturated carbocycles. The Kier molecular flexibility index (Phi) is 3.59. The molecule has 0 radical (unpaired) electrons. The van der Waals surface area contributed by atoms with Crippen LogP contribution in [0.1, 0.15) is 24.2 Å². The van der Waals surface area contributed by atoms with Crippen molar-refractivity contribution in [2.75, 3.05) is 7.05 Å². The summed E-state index contributed by atoms with van der Waals surface area (Å²) in [5, 5.41) is 3.19. The van der Waals surface area contributed by atoms with Gasteiger partial charge < -0.3 is 9.88 Å². The molecule has 3 heteroatoms. The zero-order chi connectivity index (χ0) is 12.3. The van der Waals surface area contributed by atoms with Crippen molar-refractivity contribution in [1.82, 2.24) is 9.88 Å². The van der Waals surface area contributed by atoms with Crippen LogP contribution in [0.2, 0.25) is 0 Å². The number of hydrogen-bond acceptors (Lipinski definition) is 1. The van der Waals surface area contributed by atoms with Gasteiger partial charge in [-0.15, -0.1) is 0 Å². The highest BCUT2D eigenvalue weighted by Crippen LogP contribution is 2.16. The third-order valence-electron chi connectivity index (χ3n) is 3.04. The number of aromatic nitrogens is 1. The van der Waals surface area contributed by atoms with E-state index in [0.29, 0.717) is 12.1 Å². The number of halogens is 1. The first-order chi connectivity index (χ1) is 8.22. The molecule has 1 atom stereocenters. The molecule has 2 rings (SSSR count).